The molecule has 2 aliphatic heterocycles. The van der Waals surface area contributed by atoms with Crippen molar-refractivity contribution >= 4 is 5.78 Å². The van der Waals surface area contributed by atoms with Crippen LogP contribution in [0.25, 0.3) is 0 Å². The zero-order valence-corrected chi connectivity index (χ0v) is 14.4. The van der Waals surface area contributed by atoms with Crippen LogP contribution in [0.4, 0.5) is 0 Å². The molecule has 3 aliphatic carbocycles. The molecular weight excluding hydrogens is 308 g/mol. The molecule has 24 heavy (non-hydrogen) atoms. The molecule has 0 unspecified atom stereocenters. The molecule has 0 aromatic heterocycles. The Bertz CT molecular complexity index is 520. The lowest BCUT2D eigenvalue weighted by atomic mass is 9.81. The number of ether oxygens (including phenoxy) is 4. The van der Waals surface area contributed by atoms with Crippen molar-refractivity contribution in [2.24, 2.45) is 0 Å². The third-order valence-corrected chi connectivity index (χ3v) is 6.66. The second-order valence-electron chi connectivity index (χ2n) is 8.56. The molecule has 0 radical (unpaired) electrons. The first kappa shape index (κ1) is 15.7. The standard InChI is InChI=1S/C19H28O5/c20-14-11-17(13-21-18(24-17)7-3-1-4-8-18)12-15-16(14)23-19(22-15)9-5-2-6-10-19/h15-16H,1-13H2/t15-,16+,17+/m1/s1. The minimum Gasteiger partial charge on any atom is -0.347 e. The quantitative estimate of drug-likeness (QED) is 0.680. The van der Waals surface area contributed by atoms with Crippen molar-refractivity contribution in [1.29, 1.82) is 0 Å². The van der Waals surface area contributed by atoms with E-state index in [0.717, 1.165) is 57.8 Å². The van der Waals surface area contributed by atoms with Crippen molar-refractivity contribution in [3.05, 3.63) is 0 Å². The summed E-state index contributed by atoms with van der Waals surface area (Å²) in [5, 5.41) is 0. The first-order valence-corrected chi connectivity index (χ1v) is 9.84. The fraction of sp³-hybridized carbons (Fsp3) is 0.947. The highest BCUT2D eigenvalue weighted by atomic mass is 16.8. The van der Waals surface area contributed by atoms with Crippen molar-refractivity contribution < 1.29 is 23.7 Å². The highest BCUT2D eigenvalue weighted by Crippen LogP contribution is 2.51. The Hall–Kier alpha value is -0.490. The zero-order valence-electron chi connectivity index (χ0n) is 14.4. The van der Waals surface area contributed by atoms with Gasteiger partial charge < -0.3 is 18.9 Å². The number of Topliss-reactive ketones (excluding diaryl/α,β-unsaturated/α-hetero) is 1. The van der Waals surface area contributed by atoms with Gasteiger partial charge in [0, 0.05) is 38.5 Å². The monoisotopic (exact) mass is 336 g/mol. The van der Waals surface area contributed by atoms with Crippen LogP contribution >= 0.6 is 0 Å². The number of carbonyl (C=O) groups excluding carboxylic acids is 1. The van der Waals surface area contributed by atoms with E-state index >= 15 is 0 Å². The van der Waals surface area contributed by atoms with Gasteiger partial charge in [-0.15, -0.1) is 0 Å². The number of fused-ring (bicyclic) bond motifs is 1. The van der Waals surface area contributed by atoms with E-state index in [-0.39, 0.29) is 18.0 Å². The second kappa shape index (κ2) is 5.50. The average Bonchev–Trinajstić information content (AvgIpc) is 3.08. The maximum absolute atomic E-state index is 12.8. The number of hydrogen-bond acceptors (Lipinski definition) is 5. The van der Waals surface area contributed by atoms with E-state index in [2.05, 4.69) is 0 Å². The van der Waals surface area contributed by atoms with Crippen molar-refractivity contribution in [2.75, 3.05) is 6.61 Å². The van der Waals surface area contributed by atoms with Gasteiger partial charge in [0.25, 0.3) is 0 Å². The van der Waals surface area contributed by atoms with E-state index in [9.17, 15) is 4.79 Å². The van der Waals surface area contributed by atoms with Crippen LogP contribution < -0.4 is 0 Å². The Labute approximate surface area is 143 Å². The van der Waals surface area contributed by atoms with E-state index in [0.29, 0.717) is 13.0 Å². The largest absolute Gasteiger partial charge is 0.347 e. The van der Waals surface area contributed by atoms with E-state index < -0.39 is 17.2 Å². The zero-order chi connectivity index (χ0) is 16.3. The predicted molar refractivity (Wildman–Crippen MR) is 85.4 cm³/mol. The smallest absolute Gasteiger partial charge is 0.169 e. The minimum absolute atomic E-state index is 0.144. The van der Waals surface area contributed by atoms with Gasteiger partial charge in [0.2, 0.25) is 0 Å². The van der Waals surface area contributed by atoms with Gasteiger partial charge in [-0.3, -0.25) is 4.79 Å². The molecule has 0 N–H and O–H groups in total. The van der Waals surface area contributed by atoms with Crippen LogP contribution in [0.15, 0.2) is 0 Å². The van der Waals surface area contributed by atoms with Gasteiger partial charge in [-0.25, -0.2) is 0 Å². The van der Waals surface area contributed by atoms with Gasteiger partial charge in [-0.05, 0) is 25.7 Å². The summed E-state index contributed by atoms with van der Waals surface area (Å²) in [4.78, 5) is 12.8. The van der Waals surface area contributed by atoms with E-state index in [1.807, 2.05) is 0 Å². The molecule has 5 rings (SSSR count). The van der Waals surface area contributed by atoms with E-state index in [1.165, 1.54) is 12.8 Å². The van der Waals surface area contributed by atoms with Crippen molar-refractivity contribution in [1.82, 2.24) is 0 Å². The summed E-state index contributed by atoms with van der Waals surface area (Å²) in [6.45, 7) is 0.526. The first-order chi connectivity index (χ1) is 11.6. The third-order valence-electron chi connectivity index (χ3n) is 6.66. The molecule has 0 aromatic rings. The summed E-state index contributed by atoms with van der Waals surface area (Å²) >= 11 is 0. The molecule has 5 aliphatic rings. The Morgan fingerprint density at radius 1 is 0.833 bits per heavy atom. The number of rotatable bonds is 0. The lowest BCUT2D eigenvalue weighted by Gasteiger charge is -2.39. The Balaban J connectivity index is 1.34. The Morgan fingerprint density at radius 3 is 2.21 bits per heavy atom. The summed E-state index contributed by atoms with van der Waals surface area (Å²) in [6.07, 6.45) is 11.4. The second-order valence-corrected chi connectivity index (χ2v) is 8.56. The summed E-state index contributed by atoms with van der Waals surface area (Å²) in [5.41, 5.74) is -0.487. The van der Waals surface area contributed by atoms with Gasteiger partial charge in [0.15, 0.2) is 17.4 Å². The topological polar surface area (TPSA) is 54.0 Å². The van der Waals surface area contributed by atoms with Gasteiger partial charge >= 0.3 is 0 Å². The van der Waals surface area contributed by atoms with Crippen LogP contribution in [0.2, 0.25) is 0 Å². The average molecular weight is 336 g/mol. The van der Waals surface area contributed by atoms with E-state index in [4.69, 9.17) is 18.9 Å². The van der Waals surface area contributed by atoms with Gasteiger partial charge in [0.05, 0.1) is 12.7 Å². The molecule has 5 heteroatoms. The lowest BCUT2D eigenvalue weighted by molar-refractivity contribution is -0.215. The lowest BCUT2D eigenvalue weighted by Crippen LogP contribution is -2.51. The van der Waals surface area contributed by atoms with Crippen molar-refractivity contribution in [2.45, 2.75) is 106 Å². The molecule has 5 nitrogen and oxygen atoms in total. The highest BCUT2D eigenvalue weighted by Gasteiger charge is 2.61. The maximum Gasteiger partial charge on any atom is 0.169 e. The van der Waals surface area contributed by atoms with Crippen LogP contribution in [0, 0.1) is 0 Å². The molecule has 2 saturated heterocycles. The maximum atomic E-state index is 12.8. The SMILES string of the molecule is O=C1C[C@@]2(COC3(CCCCC3)O2)C[C@H]2OC3(CCCCC3)O[C@@H]12. The molecule has 5 fully saturated rings. The summed E-state index contributed by atoms with van der Waals surface area (Å²) < 4.78 is 25.2. The molecule has 3 atom stereocenters. The van der Waals surface area contributed by atoms with Crippen LogP contribution in [0.3, 0.4) is 0 Å². The van der Waals surface area contributed by atoms with Gasteiger partial charge in [-0.1, -0.05) is 12.8 Å². The minimum atomic E-state index is -0.503. The van der Waals surface area contributed by atoms with Crippen LogP contribution in [-0.4, -0.2) is 41.8 Å². The molecular formula is C19H28O5. The Morgan fingerprint density at radius 2 is 1.50 bits per heavy atom. The molecule has 3 spiro atoms. The molecule has 3 saturated carbocycles. The molecule has 0 amide bonds. The van der Waals surface area contributed by atoms with Gasteiger partial charge in [-0.2, -0.15) is 0 Å². The molecule has 0 bridgehead atoms. The molecule has 134 valence electrons. The number of hydrogen-bond donors (Lipinski definition) is 0. The van der Waals surface area contributed by atoms with Crippen molar-refractivity contribution in [3.63, 3.8) is 0 Å². The van der Waals surface area contributed by atoms with E-state index in [1.54, 1.807) is 0 Å². The van der Waals surface area contributed by atoms with Crippen LogP contribution in [0.5, 0.6) is 0 Å². The molecule has 2 heterocycles. The first-order valence-electron chi connectivity index (χ1n) is 9.84. The summed E-state index contributed by atoms with van der Waals surface area (Å²) in [6, 6.07) is 0. The fourth-order valence-corrected chi connectivity index (χ4v) is 5.52. The van der Waals surface area contributed by atoms with Crippen LogP contribution in [-0.2, 0) is 23.7 Å². The summed E-state index contributed by atoms with van der Waals surface area (Å²) in [7, 11) is 0. The Kier molecular flexibility index (Phi) is 3.61. The highest BCUT2D eigenvalue weighted by molar-refractivity contribution is 5.86. The summed E-state index contributed by atoms with van der Waals surface area (Å²) in [5.74, 6) is -0.797. The number of carbonyl (C=O) groups is 1. The van der Waals surface area contributed by atoms with Crippen molar-refractivity contribution in [3.8, 4) is 0 Å². The molecule has 0 aromatic carbocycles. The fourth-order valence-electron chi connectivity index (χ4n) is 5.52. The van der Waals surface area contributed by atoms with Gasteiger partial charge in [0.1, 0.15) is 11.7 Å². The normalized spacial score (nSPS) is 43.6. The predicted octanol–water partition coefficient (Wildman–Crippen LogP) is 3.24. The number of ketones is 1. The third kappa shape index (κ3) is 2.47. The van der Waals surface area contributed by atoms with Crippen LogP contribution in [0.1, 0.15) is 77.0 Å².